The Hall–Kier alpha value is -2.00. The number of ether oxygens (including phenoxy) is 1. The Morgan fingerprint density at radius 3 is 2.52 bits per heavy atom. The zero-order chi connectivity index (χ0) is 16.8. The van der Waals surface area contributed by atoms with Crippen molar-refractivity contribution in [1.29, 1.82) is 0 Å². The Balaban J connectivity index is 2.02. The van der Waals surface area contributed by atoms with Crippen LogP contribution in [0.3, 0.4) is 0 Å². The molecule has 0 aliphatic rings. The predicted octanol–water partition coefficient (Wildman–Crippen LogP) is 4.68. The first kappa shape index (κ1) is 17.4. The highest BCUT2D eigenvalue weighted by molar-refractivity contribution is 6.31. The quantitative estimate of drug-likeness (QED) is 0.834. The van der Waals surface area contributed by atoms with Gasteiger partial charge >= 0.3 is 0 Å². The van der Waals surface area contributed by atoms with Crippen LogP contribution < -0.4 is 10.1 Å². The van der Waals surface area contributed by atoms with Gasteiger partial charge in [-0.05, 0) is 49.6 Å². The Kier molecular flexibility index (Phi) is 6.05. The van der Waals surface area contributed by atoms with Gasteiger partial charge in [0.2, 0.25) is 0 Å². The van der Waals surface area contributed by atoms with Crippen molar-refractivity contribution in [3.63, 3.8) is 0 Å². The summed E-state index contributed by atoms with van der Waals surface area (Å²) in [6.07, 6.45) is 0.0661. The van der Waals surface area contributed by atoms with Crippen molar-refractivity contribution in [1.82, 2.24) is 5.32 Å². The minimum Gasteiger partial charge on any atom is -0.481 e. The third-order valence-corrected chi connectivity index (χ3v) is 4.15. The Bertz CT molecular complexity index is 658. The Morgan fingerprint density at radius 2 is 1.91 bits per heavy atom. The lowest BCUT2D eigenvalue weighted by Gasteiger charge is -2.21. The minimum atomic E-state index is -0.526. The van der Waals surface area contributed by atoms with Gasteiger partial charge in [-0.3, -0.25) is 4.79 Å². The number of halogens is 1. The number of benzene rings is 2. The second-order valence-corrected chi connectivity index (χ2v) is 5.97. The van der Waals surface area contributed by atoms with Crippen molar-refractivity contribution in [3.05, 3.63) is 64.7 Å². The van der Waals surface area contributed by atoms with Crippen LogP contribution in [0.25, 0.3) is 0 Å². The van der Waals surface area contributed by atoms with E-state index in [0.29, 0.717) is 17.2 Å². The molecule has 2 aromatic rings. The summed E-state index contributed by atoms with van der Waals surface area (Å²) >= 11 is 6.02. The molecule has 122 valence electrons. The highest BCUT2D eigenvalue weighted by Gasteiger charge is 2.20. The Labute approximate surface area is 142 Å². The number of rotatable bonds is 6. The number of aryl methyl sites for hydroxylation is 1. The molecule has 1 N–H and O–H groups in total. The number of amides is 1. The van der Waals surface area contributed by atoms with Crippen LogP contribution in [0, 0.1) is 6.92 Å². The summed E-state index contributed by atoms with van der Waals surface area (Å²) in [6.45, 7) is 5.81. The molecule has 0 radical (unpaired) electrons. The van der Waals surface area contributed by atoms with Gasteiger partial charge in [0.15, 0.2) is 6.10 Å². The molecular formula is C19H22ClNO2. The predicted molar refractivity (Wildman–Crippen MR) is 93.9 cm³/mol. The van der Waals surface area contributed by atoms with E-state index in [4.69, 9.17) is 16.3 Å². The van der Waals surface area contributed by atoms with Crippen molar-refractivity contribution in [2.45, 2.75) is 39.3 Å². The maximum atomic E-state index is 12.5. The second-order valence-electron chi connectivity index (χ2n) is 5.57. The normalized spacial score (nSPS) is 13.2. The number of hydrogen-bond acceptors (Lipinski definition) is 2. The van der Waals surface area contributed by atoms with E-state index in [2.05, 4.69) is 5.32 Å². The molecule has 0 fully saturated rings. The molecule has 0 unspecified atom stereocenters. The van der Waals surface area contributed by atoms with Gasteiger partial charge in [0, 0.05) is 5.02 Å². The zero-order valence-electron chi connectivity index (χ0n) is 13.7. The van der Waals surface area contributed by atoms with Crippen LogP contribution in [0.2, 0.25) is 5.02 Å². The molecule has 0 aliphatic carbocycles. The number of nitrogens with one attached hydrogen (secondary N) is 1. The lowest BCUT2D eigenvalue weighted by Crippen LogP contribution is -2.39. The molecule has 3 nitrogen and oxygen atoms in total. The smallest absolute Gasteiger partial charge is 0.261 e. The fourth-order valence-corrected chi connectivity index (χ4v) is 2.43. The number of hydrogen-bond donors (Lipinski definition) is 1. The fraction of sp³-hybridized carbons (Fsp3) is 0.316. The molecule has 2 aromatic carbocycles. The summed E-state index contributed by atoms with van der Waals surface area (Å²) in [5.74, 6) is 0.540. The first-order valence-corrected chi connectivity index (χ1v) is 8.17. The summed E-state index contributed by atoms with van der Waals surface area (Å²) in [7, 11) is 0. The average Bonchev–Trinajstić information content (AvgIpc) is 2.56. The maximum absolute atomic E-state index is 12.5. The van der Waals surface area contributed by atoms with E-state index in [1.54, 1.807) is 12.1 Å². The van der Waals surface area contributed by atoms with Crippen LogP contribution >= 0.6 is 11.6 Å². The summed E-state index contributed by atoms with van der Waals surface area (Å²) in [5.41, 5.74) is 2.00. The molecule has 2 atom stereocenters. The number of carbonyl (C=O) groups is 1. The van der Waals surface area contributed by atoms with Crippen LogP contribution in [0.1, 0.15) is 37.4 Å². The van der Waals surface area contributed by atoms with E-state index in [1.807, 2.05) is 57.2 Å². The van der Waals surface area contributed by atoms with Crippen molar-refractivity contribution in [3.8, 4) is 5.75 Å². The molecule has 0 aromatic heterocycles. The molecule has 1 amide bonds. The molecule has 0 bridgehead atoms. The van der Waals surface area contributed by atoms with Crippen molar-refractivity contribution >= 4 is 17.5 Å². The highest BCUT2D eigenvalue weighted by atomic mass is 35.5. The molecule has 2 rings (SSSR count). The lowest BCUT2D eigenvalue weighted by atomic mass is 10.1. The third kappa shape index (κ3) is 4.73. The molecule has 0 spiro atoms. The van der Waals surface area contributed by atoms with E-state index < -0.39 is 6.10 Å². The van der Waals surface area contributed by atoms with Gasteiger partial charge in [0.25, 0.3) is 5.91 Å². The summed E-state index contributed by atoms with van der Waals surface area (Å²) in [5, 5.41) is 3.69. The lowest BCUT2D eigenvalue weighted by molar-refractivity contribution is -0.128. The molecule has 23 heavy (non-hydrogen) atoms. The van der Waals surface area contributed by atoms with Crippen LogP contribution in [0.5, 0.6) is 5.75 Å². The topological polar surface area (TPSA) is 38.3 Å². The number of carbonyl (C=O) groups excluding carboxylic acids is 1. The summed E-state index contributed by atoms with van der Waals surface area (Å²) in [4.78, 5) is 12.5. The molecular weight excluding hydrogens is 310 g/mol. The van der Waals surface area contributed by atoms with Crippen molar-refractivity contribution < 1.29 is 9.53 Å². The molecule has 0 saturated carbocycles. The van der Waals surface area contributed by atoms with Gasteiger partial charge in [0.05, 0.1) is 6.04 Å². The zero-order valence-corrected chi connectivity index (χ0v) is 14.4. The van der Waals surface area contributed by atoms with Gasteiger partial charge in [-0.25, -0.2) is 0 Å². The third-order valence-electron chi connectivity index (χ3n) is 3.73. The van der Waals surface area contributed by atoms with Gasteiger partial charge in [-0.2, -0.15) is 0 Å². The van der Waals surface area contributed by atoms with Gasteiger partial charge in [-0.1, -0.05) is 48.9 Å². The maximum Gasteiger partial charge on any atom is 0.261 e. The van der Waals surface area contributed by atoms with E-state index in [9.17, 15) is 4.79 Å². The molecule has 0 heterocycles. The monoisotopic (exact) mass is 331 g/mol. The fourth-order valence-electron chi connectivity index (χ4n) is 2.31. The van der Waals surface area contributed by atoms with E-state index in [1.165, 1.54) is 0 Å². The average molecular weight is 332 g/mol. The van der Waals surface area contributed by atoms with E-state index in [-0.39, 0.29) is 11.9 Å². The van der Waals surface area contributed by atoms with Crippen molar-refractivity contribution in [2.24, 2.45) is 0 Å². The van der Waals surface area contributed by atoms with Crippen molar-refractivity contribution in [2.75, 3.05) is 0 Å². The first-order chi connectivity index (χ1) is 11.0. The van der Waals surface area contributed by atoms with Crippen LogP contribution in [0.15, 0.2) is 48.5 Å². The molecule has 0 saturated heterocycles. The van der Waals surface area contributed by atoms with Gasteiger partial charge in [-0.15, -0.1) is 0 Å². The standard InChI is InChI=1S/C19H22ClNO2/c1-4-18(23-16-10-11-17(20)13(2)12-16)19(22)21-14(3)15-8-6-5-7-9-15/h5-12,14,18H,4H2,1-3H3,(H,21,22)/t14-,18-/m0/s1. The van der Waals surface area contributed by atoms with Crippen LogP contribution in [0.4, 0.5) is 0 Å². The molecule has 4 heteroatoms. The van der Waals surface area contributed by atoms with Crippen LogP contribution in [-0.2, 0) is 4.79 Å². The first-order valence-electron chi connectivity index (χ1n) is 7.79. The SMILES string of the molecule is CC[C@H](Oc1ccc(Cl)c(C)c1)C(=O)N[C@@H](C)c1ccccc1. The second kappa shape index (κ2) is 8.02. The largest absolute Gasteiger partial charge is 0.481 e. The van der Waals surface area contributed by atoms with E-state index >= 15 is 0 Å². The molecule has 0 aliphatic heterocycles. The summed E-state index contributed by atoms with van der Waals surface area (Å²) in [6, 6.07) is 15.2. The van der Waals surface area contributed by atoms with Gasteiger partial charge in [0.1, 0.15) is 5.75 Å². The minimum absolute atomic E-state index is 0.0618. The Morgan fingerprint density at radius 1 is 1.22 bits per heavy atom. The van der Waals surface area contributed by atoms with Crippen LogP contribution in [-0.4, -0.2) is 12.0 Å². The van der Waals surface area contributed by atoms with E-state index in [0.717, 1.165) is 11.1 Å². The van der Waals surface area contributed by atoms with Gasteiger partial charge < -0.3 is 10.1 Å². The summed E-state index contributed by atoms with van der Waals surface area (Å²) < 4.78 is 5.83. The highest BCUT2D eigenvalue weighted by Crippen LogP contribution is 2.22.